The summed E-state index contributed by atoms with van der Waals surface area (Å²) in [6.45, 7) is 4.34. The molecule has 2 rings (SSSR count). The van der Waals surface area contributed by atoms with Crippen LogP contribution in [0, 0.1) is 5.92 Å². The molecule has 1 amide bonds. The van der Waals surface area contributed by atoms with Crippen molar-refractivity contribution < 1.29 is 4.79 Å². The van der Waals surface area contributed by atoms with Gasteiger partial charge in [-0.3, -0.25) is 9.69 Å². The Morgan fingerprint density at radius 2 is 2.05 bits per heavy atom. The van der Waals surface area contributed by atoms with Crippen LogP contribution in [0.4, 0.5) is 0 Å². The second kappa shape index (κ2) is 8.20. The van der Waals surface area contributed by atoms with Crippen LogP contribution < -0.4 is 5.73 Å². The normalized spacial score (nSPS) is 24.4. The maximum atomic E-state index is 12.5. The van der Waals surface area contributed by atoms with Crippen molar-refractivity contribution in [1.29, 1.82) is 0 Å². The van der Waals surface area contributed by atoms with Gasteiger partial charge in [-0.25, -0.2) is 0 Å². The van der Waals surface area contributed by atoms with Crippen molar-refractivity contribution in [2.45, 2.75) is 57.5 Å². The Morgan fingerprint density at radius 1 is 1.35 bits per heavy atom. The molecule has 5 heteroatoms. The number of hydrogen-bond acceptors (Lipinski definition) is 3. The molecule has 0 aromatic carbocycles. The van der Waals surface area contributed by atoms with E-state index in [0.29, 0.717) is 31.1 Å². The Balaban J connectivity index is 0.00000200. The molecule has 2 aliphatic rings. The Labute approximate surface area is 129 Å². The van der Waals surface area contributed by atoms with Gasteiger partial charge in [0.1, 0.15) is 0 Å². The molecule has 2 atom stereocenters. The van der Waals surface area contributed by atoms with Gasteiger partial charge in [-0.2, -0.15) is 0 Å². The molecule has 0 radical (unpaired) electrons. The Morgan fingerprint density at radius 3 is 2.60 bits per heavy atom. The average molecular weight is 304 g/mol. The lowest BCUT2D eigenvalue weighted by atomic mass is 10.00. The zero-order valence-corrected chi connectivity index (χ0v) is 13.7. The number of carbonyl (C=O) groups is 1. The van der Waals surface area contributed by atoms with Crippen LogP contribution in [0.1, 0.15) is 45.4 Å². The molecule has 1 heterocycles. The lowest BCUT2D eigenvalue weighted by molar-refractivity contribution is -0.136. The summed E-state index contributed by atoms with van der Waals surface area (Å²) in [5.41, 5.74) is 5.86. The molecule has 0 aromatic rings. The highest BCUT2D eigenvalue weighted by molar-refractivity contribution is 5.85. The van der Waals surface area contributed by atoms with Crippen LogP contribution in [-0.2, 0) is 4.79 Å². The fourth-order valence-corrected chi connectivity index (χ4v) is 3.39. The first-order valence-electron chi connectivity index (χ1n) is 7.87. The molecule has 4 nitrogen and oxygen atoms in total. The van der Waals surface area contributed by atoms with Crippen LogP contribution in [0.15, 0.2) is 0 Å². The molecule has 2 N–H and O–H groups in total. The molecule has 1 aliphatic heterocycles. The summed E-state index contributed by atoms with van der Waals surface area (Å²) in [4.78, 5) is 16.8. The summed E-state index contributed by atoms with van der Waals surface area (Å²) in [5.74, 6) is 1.03. The number of nitrogens with zero attached hydrogens (tertiary/aromatic N) is 2. The number of hydrogen-bond donors (Lipinski definition) is 1. The molecule has 118 valence electrons. The average Bonchev–Trinajstić information content (AvgIpc) is 3.24. The number of halogens is 1. The maximum absolute atomic E-state index is 12.5. The van der Waals surface area contributed by atoms with Crippen molar-refractivity contribution in [3.8, 4) is 0 Å². The minimum atomic E-state index is 0. The van der Waals surface area contributed by atoms with Crippen LogP contribution in [0.3, 0.4) is 0 Å². The second-order valence-corrected chi connectivity index (χ2v) is 6.20. The van der Waals surface area contributed by atoms with Crippen LogP contribution >= 0.6 is 12.4 Å². The van der Waals surface area contributed by atoms with E-state index in [1.807, 2.05) is 0 Å². The fourth-order valence-electron chi connectivity index (χ4n) is 3.39. The molecule has 0 bridgehead atoms. The monoisotopic (exact) mass is 303 g/mol. The zero-order chi connectivity index (χ0) is 13.8. The first kappa shape index (κ1) is 17.7. The smallest absolute Gasteiger partial charge is 0.236 e. The molecule has 1 aliphatic carbocycles. The Kier molecular flexibility index (Phi) is 7.27. The highest BCUT2D eigenvalue weighted by atomic mass is 35.5. The molecule has 0 aromatic heterocycles. The number of rotatable bonds is 6. The first-order valence-corrected chi connectivity index (χ1v) is 7.87. The van der Waals surface area contributed by atoms with E-state index in [0.717, 1.165) is 25.3 Å². The number of carbonyl (C=O) groups excluding carboxylic acids is 1. The van der Waals surface area contributed by atoms with Crippen molar-refractivity contribution in [2.75, 3.05) is 26.7 Å². The first-order chi connectivity index (χ1) is 9.17. The van der Waals surface area contributed by atoms with E-state index in [1.165, 1.54) is 25.7 Å². The van der Waals surface area contributed by atoms with Gasteiger partial charge in [0.2, 0.25) is 5.91 Å². The Bertz CT molecular complexity index is 309. The van der Waals surface area contributed by atoms with Crippen molar-refractivity contribution in [1.82, 2.24) is 9.80 Å². The number of likely N-dealkylation sites (N-methyl/N-ethyl adjacent to an activating group) is 1. The van der Waals surface area contributed by atoms with Crippen LogP contribution in [-0.4, -0.2) is 54.5 Å². The summed E-state index contributed by atoms with van der Waals surface area (Å²) in [5, 5.41) is 0. The minimum Gasteiger partial charge on any atom is -0.339 e. The van der Waals surface area contributed by atoms with E-state index in [2.05, 4.69) is 23.8 Å². The third kappa shape index (κ3) is 4.34. The van der Waals surface area contributed by atoms with Gasteiger partial charge in [0.05, 0.1) is 6.54 Å². The summed E-state index contributed by atoms with van der Waals surface area (Å²) < 4.78 is 0. The SMILES string of the molecule is CCC1CCCCN1C(=O)CN(C)C(CN)C1CC1.Cl. The highest BCUT2D eigenvalue weighted by Crippen LogP contribution is 2.34. The lowest BCUT2D eigenvalue weighted by Crippen LogP contribution is -2.50. The van der Waals surface area contributed by atoms with Gasteiger partial charge in [0.25, 0.3) is 0 Å². The number of amides is 1. The number of likely N-dealkylation sites (tertiary alicyclic amines) is 1. The quantitative estimate of drug-likeness (QED) is 0.815. The van der Waals surface area contributed by atoms with Gasteiger partial charge in [-0.1, -0.05) is 6.92 Å². The predicted octanol–water partition coefficient (Wildman–Crippen LogP) is 1.87. The van der Waals surface area contributed by atoms with Gasteiger partial charge in [0, 0.05) is 25.2 Å². The zero-order valence-electron chi connectivity index (χ0n) is 12.9. The van der Waals surface area contributed by atoms with Gasteiger partial charge in [-0.15, -0.1) is 12.4 Å². The van der Waals surface area contributed by atoms with Crippen LogP contribution in [0.25, 0.3) is 0 Å². The molecular formula is C15H30ClN3O. The summed E-state index contributed by atoms with van der Waals surface area (Å²) in [6, 6.07) is 0.862. The van der Waals surface area contributed by atoms with E-state index < -0.39 is 0 Å². The summed E-state index contributed by atoms with van der Waals surface area (Å²) in [6.07, 6.45) is 7.25. The largest absolute Gasteiger partial charge is 0.339 e. The molecule has 2 unspecified atom stereocenters. The maximum Gasteiger partial charge on any atom is 0.236 e. The molecule has 0 spiro atoms. The number of piperidine rings is 1. The molecule has 1 saturated heterocycles. The van der Waals surface area contributed by atoms with Crippen LogP contribution in [0.2, 0.25) is 0 Å². The summed E-state index contributed by atoms with van der Waals surface area (Å²) >= 11 is 0. The van der Waals surface area contributed by atoms with E-state index >= 15 is 0 Å². The van der Waals surface area contributed by atoms with Crippen molar-refractivity contribution in [2.24, 2.45) is 11.7 Å². The van der Waals surface area contributed by atoms with E-state index in [9.17, 15) is 4.79 Å². The van der Waals surface area contributed by atoms with Crippen LogP contribution in [0.5, 0.6) is 0 Å². The molecular weight excluding hydrogens is 274 g/mol. The van der Waals surface area contributed by atoms with Gasteiger partial charge in [-0.05, 0) is 51.5 Å². The topological polar surface area (TPSA) is 49.6 Å². The Hall–Kier alpha value is -0.320. The lowest BCUT2D eigenvalue weighted by Gasteiger charge is -2.37. The van der Waals surface area contributed by atoms with Crippen molar-refractivity contribution in [3.05, 3.63) is 0 Å². The predicted molar refractivity (Wildman–Crippen MR) is 85.1 cm³/mol. The van der Waals surface area contributed by atoms with Gasteiger partial charge >= 0.3 is 0 Å². The molecule has 20 heavy (non-hydrogen) atoms. The van der Waals surface area contributed by atoms with Crippen molar-refractivity contribution >= 4 is 18.3 Å². The molecule has 2 fully saturated rings. The second-order valence-electron chi connectivity index (χ2n) is 6.20. The summed E-state index contributed by atoms with van der Waals surface area (Å²) in [7, 11) is 2.05. The van der Waals surface area contributed by atoms with E-state index in [-0.39, 0.29) is 12.4 Å². The van der Waals surface area contributed by atoms with Gasteiger partial charge in [0.15, 0.2) is 0 Å². The molecule has 1 saturated carbocycles. The number of nitrogens with two attached hydrogens (primary N) is 1. The third-order valence-electron chi connectivity index (χ3n) is 4.78. The van der Waals surface area contributed by atoms with E-state index in [1.54, 1.807) is 0 Å². The van der Waals surface area contributed by atoms with Gasteiger partial charge < -0.3 is 10.6 Å². The standard InChI is InChI=1S/C15H29N3O.ClH/c1-3-13-6-4-5-9-18(13)15(19)11-17(2)14(10-16)12-7-8-12;/h12-14H,3-11,16H2,1-2H3;1H. The van der Waals surface area contributed by atoms with E-state index in [4.69, 9.17) is 5.73 Å². The fraction of sp³-hybridized carbons (Fsp3) is 0.933. The minimum absolute atomic E-state index is 0. The van der Waals surface area contributed by atoms with Crippen molar-refractivity contribution in [3.63, 3.8) is 0 Å². The highest BCUT2D eigenvalue weighted by Gasteiger charge is 2.34. The third-order valence-corrected chi connectivity index (χ3v) is 4.78.